The van der Waals surface area contributed by atoms with Crippen molar-refractivity contribution in [3.8, 4) is 17.6 Å². The van der Waals surface area contributed by atoms with Gasteiger partial charge in [-0.25, -0.2) is 4.79 Å². The van der Waals surface area contributed by atoms with E-state index in [0.29, 0.717) is 10.6 Å². The minimum Gasteiger partial charge on any atom is -0.478 e. The lowest BCUT2D eigenvalue weighted by molar-refractivity contribution is 0.0696. The normalized spacial score (nSPS) is 9.68. The van der Waals surface area contributed by atoms with Crippen molar-refractivity contribution in [1.29, 1.82) is 5.26 Å². The standard InChI is InChI=1S/C13H7ClN2O3/c14-10-2-1-8(5-15)12(4-10)19-11-3-9(13(17)18)6-16-7-11/h1-4,6-7H,(H,17,18). The summed E-state index contributed by atoms with van der Waals surface area (Å²) in [5, 5.41) is 18.2. The lowest BCUT2D eigenvalue weighted by Crippen LogP contribution is -1.98. The molecule has 0 unspecified atom stereocenters. The molecule has 0 spiro atoms. The van der Waals surface area contributed by atoms with E-state index in [2.05, 4.69) is 4.98 Å². The van der Waals surface area contributed by atoms with Crippen molar-refractivity contribution >= 4 is 17.6 Å². The van der Waals surface area contributed by atoms with E-state index in [4.69, 9.17) is 26.7 Å². The van der Waals surface area contributed by atoms with E-state index in [0.717, 1.165) is 0 Å². The minimum atomic E-state index is -1.11. The molecule has 1 aromatic carbocycles. The zero-order valence-electron chi connectivity index (χ0n) is 9.50. The van der Waals surface area contributed by atoms with Crippen LogP contribution in [0.1, 0.15) is 15.9 Å². The number of aromatic carboxylic acids is 1. The molecule has 0 amide bonds. The molecule has 6 heteroatoms. The van der Waals surface area contributed by atoms with Gasteiger partial charge in [0.25, 0.3) is 0 Å². The summed E-state index contributed by atoms with van der Waals surface area (Å²) in [7, 11) is 0. The van der Waals surface area contributed by atoms with Crippen LogP contribution in [-0.2, 0) is 0 Å². The number of pyridine rings is 1. The van der Waals surface area contributed by atoms with E-state index in [1.807, 2.05) is 6.07 Å². The molecule has 0 fully saturated rings. The van der Waals surface area contributed by atoms with Crippen molar-refractivity contribution in [2.45, 2.75) is 0 Å². The molecule has 2 rings (SSSR count). The van der Waals surface area contributed by atoms with Crippen LogP contribution in [0.15, 0.2) is 36.7 Å². The number of carboxylic acids is 1. The number of halogens is 1. The molecule has 0 radical (unpaired) electrons. The van der Waals surface area contributed by atoms with Gasteiger partial charge in [-0.2, -0.15) is 5.26 Å². The minimum absolute atomic E-state index is 0.00182. The second kappa shape index (κ2) is 5.38. The maximum atomic E-state index is 10.8. The number of ether oxygens (including phenoxy) is 1. The number of nitrogens with zero attached hydrogens (tertiary/aromatic N) is 2. The highest BCUT2D eigenvalue weighted by atomic mass is 35.5. The van der Waals surface area contributed by atoms with Crippen molar-refractivity contribution in [1.82, 2.24) is 4.98 Å². The molecule has 0 saturated carbocycles. The maximum absolute atomic E-state index is 10.8. The van der Waals surface area contributed by atoms with Crippen molar-refractivity contribution in [3.05, 3.63) is 52.8 Å². The van der Waals surface area contributed by atoms with Gasteiger partial charge in [0.15, 0.2) is 0 Å². The third-order valence-corrected chi connectivity index (χ3v) is 2.49. The molecular formula is C13H7ClN2O3. The van der Waals surface area contributed by atoms with Crippen molar-refractivity contribution in [2.75, 3.05) is 0 Å². The lowest BCUT2D eigenvalue weighted by atomic mass is 10.2. The molecule has 0 atom stereocenters. The summed E-state index contributed by atoms with van der Waals surface area (Å²) in [4.78, 5) is 14.6. The molecule has 2 aromatic rings. The van der Waals surface area contributed by atoms with Gasteiger partial charge in [-0.1, -0.05) is 11.6 Å². The van der Waals surface area contributed by atoms with Gasteiger partial charge < -0.3 is 9.84 Å². The fourth-order valence-corrected chi connectivity index (χ4v) is 1.55. The van der Waals surface area contributed by atoms with E-state index in [1.165, 1.54) is 30.6 Å². The molecule has 0 saturated heterocycles. The Morgan fingerprint density at radius 2 is 2.16 bits per heavy atom. The molecule has 0 aliphatic heterocycles. The van der Waals surface area contributed by atoms with Crippen LogP contribution in [0.3, 0.4) is 0 Å². The largest absolute Gasteiger partial charge is 0.478 e. The Balaban J connectivity index is 2.36. The van der Waals surface area contributed by atoms with Gasteiger partial charge in [-0.05, 0) is 18.2 Å². The SMILES string of the molecule is N#Cc1ccc(Cl)cc1Oc1cncc(C(=O)O)c1. The summed E-state index contributed by atoms with van der Waals surface area (Å²) in [5.41, 5.74) is 0.295. The number of aromatic nitrogens is 1. The van der Waals surface area contributed by atoms with Crippen LogP contribution in [-0.4, -0.2) is 16.1 Å². The molecule has 0 bridgehead atoms. The van der Waals surface area contributed by atoms with E-state index >= 15 is 0 Å². The zero-order valence-corrected chi connectivity index (χ0v) is 10.3. The lowest BCUT2D eigenvalue weighted by Gasteiger charge is -2.07. The first-order chi connectivity index (χ1) is 9.10. The first-order valence-corrected chi connectivity index (χ1v) is 5.54. The van der Waals surface area contributed by atoms with Crippen LogP contribution in [0.2, 0.25) is 5.02 Å². The van der Waals surface area contributed by atoms with Gasteiger partial charge in [-0.15, -0.1) is 0 Å². The van der Waals surface area contributed by atoms with Gasteiger partial charge in [-0.3, -0.25) is 4.98 Å². The fraction of sp³-hybridized carbons (Fsp3) is 0. The molecule has 19 heavy (non-hydrogen) atoms. The Hall–Kier alpha value is -2.58. The van der Waals surface area contributed by atoms with Crippen LogP contribution in [0.4, 0.5) is 0 Å². The predicted octanol–water partition coefficient (Wildman–Crippen LogP) is 3.10. The third kappa shape index (κ3) is 3.00. The Kier molecular flexibility index (Phi) is 3.64. The molecule has 1 heterocycles. The van der Waals surface area contributed by atoms with Crippen molar-refractivity contribution in [2.24, 2.45) is 0 Å². The quantitative estimate of drug-likeness (QED) is 0.930. The molecule has 0 aliphatic carbocycles. The average Bonchev–Trinajstić information content (AvgIpc) is 2.39. The van der Waals surface area contributed by atoms with Crippen molar-refractivity contribution < 1.29 is 14.6 Å². The molecule has 0 aliphatic rings. The van der Waals surface area contributed by atoms with Gasteiger partial charge >= 0.3 is 5.97 Å². The van der Waals surface area contributed by atoms with Gasteiger partial charge in [0.05, 0.1) is 17.3 Å². The summed E-state index contributed by atoms with van der Waals surface area (Å²) in [6, 6.07) is 7.84. The zero-order chi connectivity index (χ0) is 13.8. The number of hydrogen-bond acceptors (Lipinski definition) is 4. The summed E-state index contributed by atoms with van der Waals surface area (Å²) in [6.45, 7) is 0. The molecule has 5 nitrogen and oxygen atoms in total. The van der Waals surface area contributed by atoms with Gasteiger partial charge in [0.2, 0.25) is 0 Å². The number of carboxylic acid groups (broad SMARTS) is 1. The van der Waals surface area contributed by atoms with Gasteiger partial charge in [0, 0.05) is 17.3 Å². The molecule has 1 N–H and O–H groups in total. The summed E-state index contributed by atoms with van der Waals surface area (Å²) in [6.07, 6.45) is 2.56. The highest BCUT2D eigenvalue weighted by Crippen LogP contribution is 2.28. The fourth-order valence-electron chi connectivity index (χ4n) is 1.39. The molecule has 1 aromatic heterocycles. The second-order valence-corrected chi connectivity index (χ2v) is 4.01. The number of benzene rings is 1. The highest BCUT2D eigenvalue weighted by molar-refractivity contribution is 6.30. The van der Waals surface area contributed by atoms with Crippen molar-refractivity contribution in [3.63, 3.8) is 0 Å². The first-order valence-electron chi connectivity index (χ1n) is 5.16. The van der Waals surface area contributed by atoms with Gasteiger partial charge in [0.1, 0.15) is 17.6 Å². The van der Waals surface area contributed by atoms with Crippen LogP contribution >= 0.6 is 11.6 Å². The number of nitriles is 1. The summed E-state index contributed by atoms with van der Waals surface area (Å²) < 4.78 is 5.44. The van der Waals surface area contributed by atoms with Crippen LogP contribution in [0, 0.1) is 11.3 Å². The monoisotopic (exact) mass is 274 g/mol. The van der Waals surface area contributed by atoms with E-state index < -0.39 is 5.97 Å². The Morgan fingerprint density at radius 1 is 1.37 bits per heavy atom. The second-order valence-electron chi connectivity index (χ2n) is 3.57. The van der Waals surface area contributed by atoms with Crippen LogP contribution in [0.25, 0.3) is 0 Å². The Labute approximate surface area is 113 Å². The predicted molar refractivity (Wildman–Crippen MR) is 67.4 cm³/mol. The Morgan fingerprint density at radius 3 is 2.84 bits per heavy atom. The summed E-state index contributed by atoms with van der Waals surface area (Å²) >= 11 is 5.82. The smallest absolute Gasteiger partial charge is 0.337 e. The third-order valence-electron chi connectivity index (χ3n) is 2.25. The maximum Gasteiger partial charge on any atom is 0.337 e. The van der Waals surface area contributed by atoms with E-state index in [9.17, 15) is 4.79 Å². The Bertz CT molecular complexity index is 680. The molecular weight excluding hydrogens is 268 g/mol. The molecule has 94 valence electrons. The highest BCUT2D eigenvalue weighted by Gasteiger charge is 2.09. The summed E-state index contributed by atoms with van der Waals surface area (Å²) in [5.74, 6) is -0.637. The van der Waals surface area contributed by atoms with Crippen LogP contribution in [0.5, 0.6) is 11.5 Å². The first kappa shape index (κ1) is 12.9. The van der Waals surface area contributed by atoms with E-state index in [1.54, 1.807) is 6.07 Å². The topological polar surface area (TPSA) is 83.2 Å². The average molecular weight is 275 g/mol. The van der Waals surface area contributed by atoms with Crippen LogP contribution < -0.4 is 4.74 Å². The number of hydrogen-bond donors (Lipinski definition) is 1. The number of carbonyl (C=O) groups is 1. The number of rotatable bonds is 3. The van der Waals surface area contributed by atoms with E-state index in [-0.39, 0.29) is 17.1 Å².